The third-order valence-corrected chi connectivity index (χ3v) is 6.04. The summed E-state index contributed by atoms with van der Waals surface area (Å²) in [6.07, 6.45) is 1.94. The van der Waals surface area contributed by atoms with Crippen molar-refractivity contribution in [2.24, 2.45) is 0 Å². The fraction of sp³-hybridized carbons (Fsp3) is 0.263. The van der Waals surface area contributed by atoms with Gasteiger partial charge in [0.25, 0.3) is 0 Å². The summed E-state index contributed by atoms with van der Waals surface area (Å²) < 4.78 is 5.40. The first-order valence-electron chi connectivity index (χ1n) is 8.23. The molecular weight excluding hydrogens is 370 g/mol. The summed E-state index contributed by atoms with van der Waals surface area (Å²) in [5, 5.41) is 11.2. The summed E-state index contributed by atoms with van der Waals surface area (Å²) >= 11 is 7.50. The van der Waals surface area contributed by atoms with Gasteiger partial charge in [-0.15, -0.1) is 0 Å². The number of hydrogen-bond donors (Lipinski definition) is 0. The highest BCUT2D eigenvalue weighted by molar-refractivity contribution is 8.03. The summed E-state index contributed by atoms with van der Waals surface area (Å²) in [6.45, 7) is 1.11. The standard InChI is InChI=1S/C19H16ClN3O2S/c20-14-5-3-13(4-6-14)16-8-18(24)23-11-22(10-15-2-1-7-25-15)12-26-19(23)17(16)9-21/h1-7,16H,8,10-12H2/t16-/m1/s1. The second kappa shape index (κ2) is 7.20. The van der Waals surface area contributed by atoms with Crippen molar-refractivity contribution in [3.8, 4) is 6.07 Å². The Morgan fingerprint density at radius 3 is 2.81 bits per heavy atom. The topological polar surface area (TPSA) is 60.5 Å². The lowest BCUT2D eigenvalue weighted by molar-refractivity contribution is -0.132. The van der Waals surface area contributed by atoms with E-state index in [0.717, 1.165) is 16.4 Å². The van der Waals surface area contributed by atoms with Gasteiger partial charge in [0.05, 0.1) is 42.0 Å². The van der Waals surface area contributed by atoms with Crippen LogP contribution in [0, 0.1) is 11.3 Å². The molecule has 26 heavy (non-hydrogen) atoms. The molecule has 2 aromatic rings. The van der Waals surface area contributed by atoms with Crippen LogP contribution in [0.4, 0.5) is 0 Å². The highest BCUT2D eigenvalue weighted by atomic mass is 35.5. The minimum Gasteiger partial charge on any atom is -0.468 e. The molecule has 2 aliphatic rings. The van der Waals surface area contributed by atoms with E-state index in [2.05, 4.69) is 11.0 Å². The normalized spacial score (nSPS) is 20.8. The summed E-state index contributed by atoms with van der Waals surface area (Å²) in [5.74, 6) is 1.40. The number of thioether (sulfide) groups is 1. The van der Waals surface area contributed by atoms with E-state index in [1.165, 1.54) is 11.8 Å². The molecule has 0 N–H and O–H groups in total. The third-order valence-electron chi connectivity index (χ3n) is 4.58. The molecule has 1 saturated heterocycles. The molecule has 3 heterocycles. The third kappa shape index (κ3) is 3.26. The summed E-state index contributed by atoms with van der Waals surface area (Å²) in [6, 6.07) is 13.5. The van der Waals surface area contributed by atoms with E-state index < -0.39 is 0 Å². The maximum absolute atomic E-state index is 12.8. The maximum atomic E-state index is 12.8. The number of hydrogen-bond acceptors (Lipinski definition) is 5. The second-order valence-electron chi connectivity index (χ2n) is 6.28. The molecule has 0 aliphatic carbocycles. The molecule has 5 nitrogen and oxygen atoms in total. The van der Waals surface area contributed by atoms with Crippen LogP contribution in [0.25, 0.3) is 0 Å². The maximum Gasteiger partial charge on any atom is 0.229 e. The molecule has 0 spiro atoms. The molecule has 7 heteroatoms. The van der Waals surface area contributed by atoms with Gasteiger partial charge in [0.2, 0.25) is 5.91 Å². The van der Waals surface area contributed by atoms with Gasteiger partial charge in [-0.1, -0.05) is 35.5 Å². The van der Waals surface area contributed by atoms with Crippen LogP contribution in [0.3, 0.4) is 0 Å². The molecule has 1 amide bonds. The van der Waals surface area contributed by atoms with Gasteiger partial charge in [-0.05, 0) is 29.8 Å². The summed E-state index contributed by atoms with van der Waals surface area (Å²) in [5.41, 5.74) is 1.61. The van der Waals surface area contributed by atoms with Gasteiger partial charge in [-0.2, -0.15) is 5.26 Å². The number of amides is 1. The lowest BCUT2D eigenvalue weighted by atomic mass is 9.86. The number of rotatable bonds is 3. The van der Waals surface area contributed by atoms with E-state index in [1.807, 2.05) is 24.3 Å². The number of allylic oxidation sites excluding steroid dienone is 1. The Hall–Kier alpha value is -2.20. The molecule has 2 aliphatic heterocycles. The first kappa shape index (κ1) is 17.2. The first-order chi connectivity index (χ1) is 12.7. The molecular formula is C19H16ClN3O2S. The van der Waals surface area contributed by atoms with E-state index in [4.69, 9.17) is 16.0 Å². The Balaban J connectivity index is 1.60. The van der Waals surface area contributed by atoms with Crippen molar-refractivity contribution in [3.05, 3.63) is 69.6 Å². The van der Waals surface area contributed by atoms with E-state index in [1.54, 1.807) is 23.3 Å². The molecule has 0 bridgehead atoms. The number of nitriles is 1. The minimum absolute atomic E-state index is 0.0376. The first-order valence-corrected chi connectivity index (χ1v) is 9.59. The average Bonchev–Trinajstić information content (AvgIpc) is 3.15. The van der Waals surface area contributed by atoms with Crippen molar-refractivity contribution in [2.45, 2.75) is 18.9 Å². The van der Waals surface area contributed by atoms with Gasteiger partial charge in [0.1, 0.15) is 5.76 Å². The number of benzene rings is 1. The van der Waals surface area contributed by atoms with Crippen LogP contribution in [-0.2, 0) is 11.3 Å². The van der Waals surface area contributed by atoms with E-state index in [0.29, 0.717) is 36.1 Å². The van der Waals surface area contributed by atoms with E-state index in [9.17, 15) is 10.1 Å². The summed E-state index contributed by atoms with van der Waals surface area (Å²) in [7, 11) is 0. The van der Waals surface area contributed by atoms with Crippen LogP contribution in [0.5, 0.6) is 0 Å². The van der Waals surface area contributed by atoms with Crippen molar-refractivity contribution < 1.29 is 9.21 Å². The number of fused-ring (bicyclic) bond motifs is 1. The van der Waals surface area contributed by atoms with Crippen molar-refractivity contribution in [2.75, 3.05) is 12.5 Å². The van der Waals surface area contributed by atoms with E-state index >= 15 is 0 Å². The number of carbonyl (C=O) groups excluding carboxylic acids is 1. The van der Waals surface area contributed by atoms with Crippen LogP contribution >= 0.6 is 23.4 Å². The van der Waals surface area contributed by atoms with Crippen LogP contribution in [0.2, 0.25) is 5.02 Å². The lowest BCUT2D eigenvalue weighted by Crippen LogP contribution is -2.46. The smallest absolute Gasteiger partial charge is 0.229 e. The van der Waals surface area contributed by atoms with Gasteiger partial charge < -0.3 is 4.42 Å². The highest BCUT2D eigenvalue weighted by Crippen LogP contribution is 2.42. The van der Waals surface area contributed by atoms with Gasteiger partial charge in [0, 0.05) is 17.4 Å². The largest absolute Gasteiger partial charge is 0.468 e. The highest BCUT2D eigenvalue weighted by Gasteiger charge is 2.38. The molecule has 0 radical (unpaired) electrons. The zero-order valence-corrected chi connectivity index (χ0v) is 15.5. The van der Waals surface area contributed by atoms with Gasteiger partial charge in [-0.25, -0.2) is 0 Å². The van der Waals surface area contributed by atoms with Gasteiger partial charge in [-0.3, -0.25) is 14.6 Å². The van der Waals surface area contributed by atoms with Crippen LogP contribution in [0.15, 0.2) is 57.7 Å². The molecule has 132 valence electrons. The molecule has 0 unspecified atom stereocenters. The Kier molecular flexibility index (Phi) is 4.77. The van der Waals surface area contributed by atoms with Crippen molar-refractivity contribution >= 4 is 29.3 Å². The average molecular weight is 386 g/mol. The number of carbonyl (C=O) groups is 1. The van der Waals surface area contributed by atoms with Gasteiger partial charge >= 0.3 is 0 Å². The Labute approximate surface area is 160 Å². The monoisotopic (exact) mass is 385 g/mol. The van der Waals surface area contributed by atoms with Crippen LogP contribution in [-0.4, -0.2) is 28.3 Å². The zero-order valence-electron chi connectivity index (χ0n) is 13.9. The number of halogens is 1. The SMILES string of the molecule is N#CC1=C2SCN(Cc3ccco3)CN2C(=O)C[C@@H]1c1ccc(Cl)cc1. The lowest BCUT2D eigenvalue weighted by Gasteiger charge is -2.41. The predicted octanol–water partition coefficient (Wildman–Crippen LogP) is 4.15. The number of furan rings is 1. The van der Waals surface area contributed by atoms with Crippen molar-refractivity contribution in [1.29, 1.82) is 5.26 Å². The van der Waals surface area contributed by atoms with Crippen LogP contribution in [0.1, 0.15) is 23.7 Å². The predicted molar refractivity (Wildman–Crippen MR) is 99.9 cm³/mol. The molecule has 1 fully saturated rings. The van der Waals surface area contributed by atoms with E-state index in [-0.39, 0.29) is 11.8 Å². The van der Waals surface area contributed by atoms with Crippen LogP contribution < -0.4 is 0 Å². The van der Waals surface area contributed by atoms with Crippen molar-refractivity contribution in [3.63, 3.8) is 0 Å². The molecule has 1 aromatic heterocycles. The molecule has 1 atom stereocenters. The molecule has 0 saturated carbocycles. The summed E-state index contributed by atoms with van der Waals surface area (Å²) in [4.78, 5) is 16.6. The van der Waals surface area contributed by atoms with Crippen molar-refractivity contribution in [1.82, 2.24) is 9.80 Å². The second-order valence-corrected chi connectivity index (χ2v) is 7.65. The Morgan fingerprint density at radius 2 is 2.12 bits per heavy atom. The number of nitrogens with zero attached hydrogens (tertiary/aromatic N) is 3. The quantitative estimate of drug-likeness (QED) is 0.794. The molecule has 1 aromatic carbocycles. The Morgan fingerprint density at radius 1 is 1.31 bits per heavy atom. The molecule has 4 rings (SSSR count). The Bertz CT molecular complexity index is 887. The zero-order chi connectivity index (χ0) is 18.1. The minimum atomic E-state index is -0.208. The fourth-order valence-electron chi connectivity index (χ4n) is 3.31. The fourth-order valence-corrected chi connectivity index (χ4v) is 4.57. The van der Waals surface area contributed by atoms with Gasteiger partial charge in [0.15, 0.2) is 0 Å².